The summed E-state index contributed by atoms with van der Waals surface area (Å²) in [6, 6.07) is 6.86. The highest BCUT2D eigenvalue weighted by atomic mass is 16.5. The summed E-state index contributed by atoms with van der Waals surface area (Å²) in [6.45, 7) is 3.26. The van der Waals surface area contributed by atoms with Gasteiger partial charge in [0.05, 0.1) is 31.2 Å². The number of carbonyl (C=O) groups excluding carboxylic acids is 1. The van der Waals surface area contributed by atoms with Crippen molar-refractivity contribution in [1.29, 1.82) is 0 Å². The Morgan fingerprint density at radius 1 is 1.26 bits per heavy atom. The maximum atomic E-state index is 12.7. The Balaban J connectivity index is 2.07. The number of nitrogens with zero attached hydrogens (tertiary/aromatic N) is 3. The monoisotopic (exact) mass is 311 g/mol. The molecule has 1 aromatic carbocycles. The summed E-state index contributed by atoms with van der Waals surface area (Å²) in [6.07, 6.45) is 5.26. The van der Waals surface area contributed by atoms with Crippen LogP contribution in [0.15, 0.2) is 47.8 Å². The van der Waals surface area contributed by atoms with E-state index in [1.165, 1.54) is 7.11 Å². The standard InChI is InChI=1S/C17H17N3O3/c1-3-19-11-18-9-14(19)10-20-7-6-12-4-5-13(17(22)23-2)8-15(12)16(20)21/h4-9,11H,3,10H2,1-2H3. The first-order chi connectivity index (χ1) is 11.1. The second-order valence-electron chi connectivity index (χ2n) is 5.21. The first-order valence-electron chi connectivity index (χ1n) is 7.34. The Morgan fingerprint density at radius 2 is 2.09 bits per heavy atom. The first kappa shape index (κ1) is 15.0. The predicted octanol–water partition coefficient (Wildman–Crippen LogP) is 2.05. The smallest absolute Gasteiger partial charge is 0.337 e. The summed E-state index contributed by atoms with van der Waals surface area (Å²) in [4.78, 5) is 28.5. The molecule has 2 heterocycles. The SMILES string of the molecule is CCn1cncc1Cn1ccc2ccc(C(=O)OC)cc2c1=O. The molecule has 0 aliphatic rings. The molecule has 0 N–H and O–H groups in total. The van der Waals surface area contributed by atoms with Gasteiger partial charge in [-0.1, -0.05) is 6.07 Å². The van der Waals surface area contributed by atoms with Crippen LogP contribution in [-0.2, 0) is 17.8 Å². The third-order valence-electron chi connectivity index (χ3n) is 3.87. The number of aromatic nitrogens is 3. The molecular weight excluding hydrogens is 294 g/mol. The van der Waals surface area contributed by atoms with Gasteiger partial charge in [0.1, 0.15) is 0 Å². The lowest BCUT2D eigenvalue weighted by Gasteiger charge is -2.09. The van der Waals surface area contributed by atoms with E-state index in [2.05, 4.69) is 4.98 Å². The zero-order chi connectivity index (χ0) is 16.4. The largest absolute Gasteiger partial charge is 0.465 e. The molecule has 0 amide bonds. The van der Waals surface area contributed by atoms with Gasteiger partial charge in [-0.15, -0.1) is 0 Å². The second kappa shape index (κ2) is 6.08. The molecule has 0 bridgehead atoms. The maximum Gasteiger partial charge on any atom is 0.337 e. The van der Waals surface area contributed by atoms with Gasteiger partial charge in [-0.3, -0.25) is 4.79 Å². The van der Waals surface area contributed by atoms with Crippen LogP contribution in [-0.4, -0.2) is 27.2 Å². The minimum absolute atomic E-state index is 0.142. The fraction of sp³-hybridized carbons (Fsp3) is 0.235. The molecule has 6 nitrogen and oxygen atoms in total. The molecule has 6 heteroatoms. The normalized spacial score (nSPS) is 10.9. The van der Waals surface area contributed by atoms with E-state index >= 15 is 0 Å². The minimum Gasteiger partial charge on any atom is -0.465 e. The number of fused-ring (bicyclic) bond motifs is 1. The van der Waals surface area contributed by atoms with Gasteiger partial charge < -0.3 is 13.9 Å². The third-order valence-corrected chi connectivity index (χ3v) is 3.87. The summed E-state index contributed by atoms with van der Waals surface area (Å²) in [5.41, 5.74) is 1.18. The van der Waals surface area contributed by atoms with Crippen molar-refractivity contribution in [3.05, 3.63) is 64.6 Å². The molecule has 0 saturated heterocycles. The molecule has 0 saturated carbocycles. The lowest BCUT2D eigenvalue weighted by Crippen LogP contribution is -2.21. The molecule has 0 unspecified atom stereocenters. The van der Waals surface area contributed by atoms with Crippen LogP contribution in [0.25, 0.3) is 10.8 Å². The average Bonchev–Trinajstić information content (AvgIpc) is 3.03. The van der Waals surface area contributed by atoms with E-state index in [-0.39, 0.29) is 5.56 Å². The van der Waals surface area contributed by atoms with Gasteiger partial charge in [-0.2, -0.15) is 0 Å². The van der Waals surface area contributed by atoms with Crippen molar-refractivity contribution in [3.63, 3.8) is 0 Å². The van der Waals surface area contributed by atoms with E-state index in [9.17, 15) is 9.59 Å². The molecule has 0 spiro atoms. The Morgan fingerprint density at radius 3 is 2.83 bits per heavy atom. The highest BCUT2D eigenvalue weighted by molar-refractivity contribution is 5.95. The molecule has 2 aromatic heterocycles. The van der Waals surface area contributed by atoms with Crippen molar-refractivity contribution in [2.75, 3.05) is 7.11 Å². The van der Waals surface area contributed by atoms with E-state index in [0.717, 1.165) is 17.6 Å². The zero-order valence-corrected chi connectivity index (χ0v) is 13.0. The Kier molecular flexibility index (Phi) is 3.97. The van der Waals surface area contributed by atoms with Crippen LogP contribution < -0.4 is 5.56 Å². The second-order valence-corrected chi connectivity index (χ2v) is 5.21. The molecule has 0 aliphatic carbocycles. The van der Waals surface area contributed by atoms with E-state index < -0.39 is 5.97 Å². The van der Waals surface area contributed by atoms with Crippen LogP contribution in [0.3, 0.4) is 0 Å². The van der Waals surface area contributed by atoms with Crippen molar-refractivity contribution >= 4 is 16.7 Å². The maximum absolute atomic E-state index is 12.7. The molecule has 0 aliphatic heterocycles. The summed E-state index contributed by atoms with van der Waals surface area (Å²) < 4.78 is 8.32. The van der Waals surface area contributed by atoms with E-state index in [1.807, 2.05) is 17.6 Å². The number of imidazole rings is 1. The Hall–Kier alpha value is -2.89. The quantitative estimate of drug-likeness (QED) is 0.692. The van der Waals surface area contributed by atoms with Crippen molar-refractivity contribution in [1.82, 2.24) is 14.1 Å². The van der Waals surface area contributed by atoms with Gasteiger partial charge in [-0.25, -0.2) is 9.78 Å². The van der Waals surface area contributed by atoms with Gasteiger partial charge in [0.25, 0.3) is 5.56 Å². The third kappa shape index (κ3) is 2.75. The first-order valence-corrected chi connectivity index (χ1v) is 7.34. The van der Waals surface area contributed by atoms with E-state index in [0.29, 0.717) is 17.5 Å². The number of pyridine rings is 1. The van der Waals surface area contributed by atoms with Crippen molar-refractivity contribution in [2.24, 2.45) is 0 Å². The highest BCUT2D eigenvalue weighted by Gasteiger charge is 2.10. The number of methoxy groups -OCH3 is 1. The number of hydrogen-bond donors (Lipinski definition) is 0. The summed E-state index contributed by atoms with van der Waals surface area (Å²) >= 11 is 0. The minimum atomic E-state index is -0.453. The van der Waals surface area contributed by atoms with Crippen LogP contribution in [0.2, 0.25) is 0 Å². The summed E-state index contributed by atoms with van der Waals surface area (Å²) in [5.74, 6) is -0.453. The average molecular weight is 311 g/mol. The number of rotatable bonds is 4. The Labute approximate surface area is 132 Å². The highest BCUT2D eigenvalue weighted by Crippen LogP contribution is 2.14. The van der Waals surface area contributed by atoms with Gasteiger partial charge in [0.2, 0.25) is 0 Å². The summed E-state index contributed by atoms with van der Waals surface area (Å²) in [7, 11) is 1.32. The molecule has 0 radical (unpaired) electrons. The number of carbonyl (C=O) groups is 1. The van der Waals surface area contributed by atoms with Crippen LogP contribution in [0.4, 0.5) is 0 Å². The number of aryl methyl sites for hydroxylation is 1. The zero-order valence-electron chi connectivity index (χ0n) is 13.0. The van der Waals surface area contributed by atoms with E-state index in [4.69, 9.17) is 4.74 Å². The van der Waals surface area contributed by atoms with Crippen LogP contribution in [0, 0.1) is 0 Å². The molecule has 0 fully saturated rings. The predicted molar refractivity (Wildman–Crippen MR) is 86.6 cm³/mol. The molecule has 3 aromatic rings. The van der Waals surface area contributed by atoms with Crippen molar-refractivity contribution in [3.8, 4) is 0 Å². The van der Waals surface area contributed by atoms with Crippen LogP contribution >= 0.6 is 0 Å². The van der Waals surface area contributed by atoms with Crippen molar-refractivity contribution < 1.29 is 9.53 Å². The van der Waals surface area contributed by atoms with Gasteiger partial charge in [0.15, 0.2) is 0 Å². The van der Waals surface area contributed by atoms with Gasteiger partial charge in [0, 0.05) is 24.3 Å². The van der Waals surface area contributed by atoms with Crippen molar-refractivity contribution in [2.45, 2.75) is 20.0 Å². The summed E-state index contributed by atoms with van der Waals surface area (Å²) in [5, 5.41) is 1.29. The molecule has 23 heavy (non-hydrogen) atoms. The number of esters is 1. The fourth-order valence-corrected chi connectivity index (χ4v) is 2.59. The van der Waals surface area contributed by atoms with E-state index in [1.54, 1.807) is 41.5 Å². The number of hydrogen-bond acceptors (Lipinski definition) is 4. The van der Waals surface area contributed by atoms with Crippen LogP contribution in [0.5, 0.6) is 0 Å². The molecule has 0 atom stereocenters. The number of benzene rings is 1. The molecule has 3 rings (SSSR count). The lowest BCUT2D eigenvalue weighted by atomic mass is 10.1. The molecule has 118 valence electrons. The van der Waals surface area contributed by atoms with Gasteiger partial charge >= 0.3 is 5.97 Å². The fourth-order valence-electron chi connectivity index (χ4n) is 2.59. The molecular formula is C17H17N3O3. The number of ether oxygens (including phenoxy) is 1. The lowest BCUT2D eigenvalue weighted by molar-refractivity contribution is 0.0601. The topological polar surface area (TPSA) is 66.1 Å². The Bertz CT molecular complexity index is 924. The van der Waals surface area contributed by atoms with Gasteiger partial charge in [-0.05, 0) is 30.5 Å². The van der Waals surface area contributed by atoms with Crippen LogP contribution in [0.1, 0.15) is 23.0 Å².